The van der Waals surface area contributed by atoms with Crippen LogP contribution in [0.3, 0.4) is 0 Å². The molecule has 0 aromatic rings. The zero-order valence-electron chi connectivity index (χ0n) is 17.5. The van der Waals surface area contributed by atoms with Crippen molar-refractivity contribution in [3.8, 4) is 0 Å². The molecule has 0 saturated heterocycles. The number of esters is 1. The zero-order valence-corrected chi connectivity index (χ0v) is 17.5. The summed E-state index contributed by atoms with van der Waals surface area (Å²) < 4.78 is 5.85. The third kappa shape index (κ3) is 6.54. The fourth-order valence-electron chi connectivity index (χ4n) is 4.25. The van der Waals surface area contributed by atoms with E-state index in [4.69, 9.17) is 9.84 Å². The summed E-state index contributed by atoms with van der Waals surface area (Å²) in [5.74, 6) is -1.02. The number of ether oxygens (including phenoxy) is 1. The van der Waals surface area contributed by atoms with Gasteiger partial charge in [-0.25, -0.2) is 4.79 Å². The van der Waals surface area contributed by atoms with Gasteiger partial charge in [-0.1, -0.05) is 45.1 Å². The molecular weight excluding hydrogens is 372 g/mol. The number of fused-ring (bicyclic) bond motifs is 1. The normalized spacial score (nSPS) is 31.1. The molecule has 0 bridgehead atoms. The second-order valence-electron chi connectivity index (χ2n) is 8.37. The van der Waals surface area contributed by atoms with E-state index in [1.165, 1.54) is 6.08 Å². The number of rotatable bonds is 9. The number of carboxylic acid groups (broad SMARTS) is 1. The van der Waals surface area contributed by atoms with Crippen molar-refractivity contribution in [3.05, 3.63) is 36.0 Å². The number of hydrogen-bond acceptors (Lipinski definition) is 5. The number of aliphatic hydroxyl groups excluding tert-OH is 2. The second-order valence-corrected chi connectivity index (χ2v) is 8.37. The zero-order chi connectivity index (χ0) is 21.6. The molecule has 2 aliphatic carbocycles. The predicted molar refractivity (Wildman–Crippen MR) is 110 cm³/mol. The maximum atomic E-state index is 12.4. The van der Waals surface area contributed by atoms with Crippen LogP contribution in [-0.4, -0.2) is 45.6 Å². The molecule has 0 radical (unpaired) electrons. The monoisotopic (exact) mass is 406 g/mol. The smallest absolute Gasteiger partial charge is 0.327 e. The number of hydrogen-bond donors (Lipinski definition) is 3. The van der Waals surface area contributed by atoms with Crippen LogP contribution in [0.25, 0.3) is 0 Å². The Morgan fingerprint density at radius 1 is 1.38 bits per heavy atom. The van der Waals surface area contributed by atoms with Gasteiger partial charge in [0.1, 0.15) is 6.10 Å². The molecule has 0 amide bonds. The van der Waals surface area contributed by atoms with Gasteiger partial charge in [0.05, 0.1) is 18.1 Å². The Kier molecular flexibility index (Phi) is 8.65. The van der Waals surface area contributed by atoms with E-state index < -0.39 is 18.2 Å². The van der Waals surface area contributed by atoms with Crippen LogP contribution in [-0.2, 0) is 14.3 Å². The Bertz CT molecular complexity index is 664. The van der Waals surface area contributed by atoms with Crippen LogP contribution in [0.15, 0.2) is 36.0 Å². The summed E-state index contributed by atoms with van der Waals surface area (Å²) in [4.78, 5) is 23.0. The SMILES string of the molecule is CC[C@H](C)C(=O)O[C@H]1C[C@H](O)C=C2C=C[C@H](C)[C@H](CC[C@@H](O)C/C=C\C(=O)O)[C@H]21. The molecule has 0 saturated carbocycles. The van der Waals surface area contributed by atoms with Gasteiger partial charge >= 0.3 is 11.9 Å². The lowest BCUT2D eigenvalue weighted by molar-refractivity contribution is -0.159. The minimum atomic E-state index is -1.02. The largest absolute Gasteiger partial charge is 0.478 e. The van der Waals surface area contributed by atoms with Crippen molar-refractivity contribution in [2.45, 2.75) is 71.2 Å². The molecule has 2 rings (SSSR count). The van der Waals surface area contributed by atoms with Crippen molar-refractivity contribution >= 4 is 11.9 Å². The van der Waals surface area contributed by atoms with Gasteiger partial charge in [-0.05, 0) is 43.1 Å². The highest BCUT2D eigenvalue weighted by molar-refractivity contribution is 5.79. The van der Waals surface area contributed by atoms with E-state index >= 15 is 0 Å². The average molecular weight is 407 g/mol. The molecular formula is C23H34O6. The maximum Gasteiger partial charge on any atom is 0.327 e. The van der Waals surface area contributed by atoms with Gasteiger partial charge in [0.15, 0.2) is 0 Å². The summed E-state index contributed by atoms with van der Waals surface area (Å²) in [7, 11) is 0. The van der Waals surface area contributed by atoms with E-state index in [2.05, 4.69) is 13.0 Å². The van der Waals surface area contributed by atoms with Gasteiger partial charge in [-0.2, -0.15) is 0 Å². The van der Waals surface area contributed by atoms with Crippen LogP contribution in [0.5, 0.6) is 0 Å². The van der Waals surface area contributed by atoms with Gasteiger partial charge in [-0.15, -0.1) is 0 Å². The first-order chi connectivity index (χ1) is 13.7. The minimum Gasteiger partial charge on any atom is -0.478 e. The number of aliphatic carboxylic acids is 1. The molecule has 7 atom stereocenters. The van der Waals surface area contributed by atoms with Gasteiger partial charge in [0.25, 0.3) is 0 Å². The van der Waals surface area contributed by atoms with E-state index in [9.17, 15) is 19.8 Å². The van der Waals surface area contributed by atoms with E-state index in [1.807, 2.05) is 26.0 Å². The molecule has 0 fully saturated rings. The molecule has 0 aliphatic heterocycles. The average Bonchev–Trinajstić information content (AvgIpc) is 2.66. The summed E-state index contributed by atoms with van der Waals surface area (Å²) in [5, 5.41) is 29.1. The summed E-state index contributed by atoms with van der Waals surface area (Å²) >= 11 is 0. The molecule has 6 heteroatoms. The van der Waals surface area contributed by atoms with Crippen LogP contribution in [0.2, 0.25) is 0 Å². The van der Waals surface area contributed by atoms with Crippen molar-refractivity contribution in [2.24, 2.45) is 23.7 Å². The third-order valence-corrected chi connectivity index (χ3v) is 6.16. The van der Waals surface area contributed by atoms with Crippen molar-refractivity contribution in [1.82, 2.24) is 0 Å². The van der Waals surface area contributed by atoms with Gasteiger partial charge in [0.2, 0.25) is 0 Å². The van der Waals surface area contributed by atoms with E-state index in [0.717, 1.165) is 18.1 Å². The van der Waals surface area contributed by atoms with Gasteiger partial charge < -0.3 is 20.1 Å². The van der Waals surface area contributed by atoms with E-state index in [1.54, 1.807) is 0 Å². The van der Waals surface area contributed by atoms with Gasteiger partial charge in [-0.3, -0.25) is 4.79 Å². The van der Waals surface area contributed by atoms with Gasteiger partial charge in [0, 0.05) is 18.4 Å². The lowest BCUT2D eigenvalue weighted by Gasteiger charge is -2.43. The molecule has 0 aromatic heterocycles. The fraction of sp³-hybridized carbons (Fsp3) is 0.652. The minimum absolute atomic E-state index is 0.00633. The Balaban J connectivity index is 2.11. The van der Waals surface area contributed by atoms with E-state index in [-0.39, 0.29) is 35.7 Å². The van der Waals surface area contributed by atoms with E-state index in [0.29, 0.717) is 25.7 Å². The highest BCUT2D eigenvalue weighted by Crippen LogP contribution is 2.44. The first kappa shape index (κ1) is 23.4. The number of carbonyl (C=O) groups is 2. The van der Waals surface area contributed by atoms with Crippen LogP contribution in [0.1, 0.15) is 52.9 Å². The second kappa shape index (κ2) is 10.7. The van der Waals surface area contributed by atoms with Crippen LogP contribution < -0.4 is 0 Å². The van der Waals surface area contributed by atoms with Crippen LogP contribution in [0.4, 0.5) is 0 Å². The third-order valence-electron chi connectivity index (χ3n) is 6.16. The highest BCUT2D eigenvalue weighted by atomic mass is 16.5. The molecule has 3 N–H and O–H groups in total. The number of carbonyl (C=O) groups excluding carboxylic acids is 1. The first-order valence-corrected chi connectivity index (χ1v) is 10.6. The van der Waals surface area contributed by atoms with Crippen molar-refractivity contribution in [1.29, 1.82) is 0 Å². The molecule has 0 spiro atoms. The Morgan fingerprint density at radius 2 is 2.10 bits per heavy atom. The van der Waals surface area contributed by atoms with Crippen molar-refractivity contribution in [2.75, 3.05) is 0 Å². The van der Waals surface area contributed by atoms with Crippen molar-refractivity contribution < 1.29 is 29.6 Å². The Morgan fingerprint density at radius 3 is 2.76 bits per heavy atom. The quantitative estimate of drug-likeness (QED) is 0.401. The van der Waals surface area contributed by atoms with Crippen molar-refractivity contribution in [3.63, 3.8) is 0 Å². The summed E-state index contributed by atoms with van der Waals surface area (Å²) in [5.41, 5.74) is 0.995. The maximum absolute atomic E-state index is 12.4. The molecule has 2 aliphatic rings. The predicted octanol–water partition coefficient (Wildman–Crippen LogP) is 3.25. The van der Waals surface area contributed by atoms with Crippen LogP contribution >= 0.6 is 0 Å². The Labute approximate surface area is 173 Å². The molecule has 162 valence electrons. The lowest BCUT2D eigenvalue weighted by atomic mass is 9.66. The molecule has 6 nitrogen and oxygen atoms in total. The fourth-order valence-corrected chi connectivity index (χ4v) is 4.25. The number of carboxylic acids is 1. The molecule has 0 heterocycles. The summed E-state index contributed by atoms with van der Waals surface area (Å²) in [6, 6.07) is 0. The number of aliphatic hydroxyl groups is 2. The Hall–Kier alpha value is -1.92. The van der Waals surface area contributed by atoms with Crippen LogP contribution in [0, 0.1) is 23.7 Å². The number of allylic oxidation sites excluding steroid dienone is 2. The topological polar surface area (TPSA) is 104 Å². The molecule has 0 unspecified atom stereocenters. The summed E-state index contributed by atoms with van der Waals surface area (Å²) in [6.07, 6.45) is 9.49. The summed E-state index contributed by atoms with van der Waals surface area (Å²) in [6.45, 7) is 5.91. The first-order valence-electron chi connectivity index (χ1n) is 10.6. The molecule has 29 heavy (non-hydrogen) atoms. The molecule has 0 aromatic carbocycles. The lowest BCUT2D eigenvalue weighted by Crippen LogP contribution is -2.43. The standard InChI is InChI=1S/C23H34O6/c1-4-14(2)23(28)29-20-13-18(25)12-16-9-8-15(3)19(22(16)20)11-10-17(24)6-5-7-21(26)27/h5,7-9,12,14-15,17-20,22,24-25H,4,6,10-11,13H2,1-3H3,(H,26,27)/b7-5-/t14-,15-,17-,18+,19-,20-,22-/m0/s1. The highest BCUT2D eigenvalue weighted by Gasteiger charge is 2.42.